The van der Waals surface area contributed by atoms with Gasteiger partial charge in [0.2, 0.25) is 5.91 Å². The average Bonchev–Trinajstić information content (AvgIpc) is 2.95. The van der Waals surface area contributed by atoms with Crippen molar-refractivity contribution < 1.29 is 22.7 Å². The van der Waals surface area contributed by atoms with Gasteiger partial charge in [0.15, 0.2) is 0 Å². The number of hydrogen-bond donors (Lipinski definition) is 1. The van der Waals surface area contributed by atoms with Crippen LogP contribution >= 0.6 is 11.6 Å². The number of benzene rings is 3. The second-order valence-electron chi connectivity index (χ2n) is 9.10. The van der Waals surface area contributed by atoms with Crippen LogP contribution in [0, 0.1) is 0 Å². The van der Waals surface area contributed by atoms with Crippen LogP contribution in [-0.4, -0.2) is 38.9 Å². The molecule has 0 aliphatic carbocycles. The van der Waals surface area contributed by atoms with Crippen molar-refractivity contribution in [2.45, 2.75) is 20.1 Å². The number of anilines is 1. The zero-order valence-electron chi connectivity index (χ0n) is 22.9. The molecule has 0 atom stereocenters. The van der Waals surface area contributed by atoms with Crippen LogP contribution in [0.5, 0.6) is 0 Å². The Morgan fingerprint density at radius 3 is 2.24 bits per heavy atom. The van der Waals surface area contributed by atoms with Crippen LogP contribution in [-0.2, 0) is 32.7 Å². The topological polar surface area (TPSA) is 96.0 Å². The summed E-state index contributed by atoms with van der Waals surface area (Å²) in [5.74, 6) is -0.437. The molecule has 0 aliphatic rings. The summed E-state index contributed by atoms with van der Waals surface area (Å²) in [5, 5.41) is 3.06. The molecule has 0 heterocycles. The highest BCUT2D eigenvalue weighted by Crippen LogP contribution is 2.27. The Bertz CT molecular complexity index is 1520. The van der Waals surface area contributed by atoms with E-state index in [9.17, 15) is 18.0 Å². The van der Waals surface area contributed by atoms with E-state index in [1.54, 1.807) is 31.2 Å². The molecule has 3 rings (SSSR count). The highest BCUT2D eigenvalue weighted by Gasteiger charge is 2.25. The van der Waals surface area contributed by atoms with E-state index in [1.807, 2.05) is 60.7 Å². The van der Waals surface area contributed by atoms with E-state index < -0.39 is 22.0 Å². The van der Waals surface area contributed by atoms with Gasteiger partial charge in [-0.1, -0.05) is 91.0 Å². The van der Waals surface area contributed by atoms with Gasteiger partial charge >= 0.3 is 6.09 Å². The molecule has 0 fully saturated rings. The van der Waals surface area contributed by atoms with Gasteiger partial charge in [-0.15, -0.1) is 0 Å². The number of halogens is 1. The third-order valence-corrected chi connectivity index (χ3v) is 7.70. The van der Waals surface area contributed by atoms with Crippen molar-refractivity contribution in [2.75, 3.05) is 17.9 Å². The van der Waals surface area contributed by atoms with E-state index in [0.29, 0.717) is 16.4 Å². The summed E-state index contributed by atoms with van der Waals surface area (Å²) in [7, 11) is -2.56. The fourth-order valence-electron chi connectivity index (χ4n) is 3.63. The number of nitrogens with zero attached hydrogens (tertiary/aromatic N) is 2. The number of ether oxygens (including phenoxy) is 1. The number of likely N-dealkylation sites (N-methyl/N-ethyl adjacent to an activating group) is 1. The lowest BCUT2D eigenvalue weighted by Crippen LogP contribution is -2.37. The predicted molar refractivity (Wildman–Crippen MR) is 162 cm³/mol. The molecule has 3 aromatic carbocycles. The first-order chi connectivity index (χ1) is 19.6. The Balaban J connectivity index is 1.60. The van der Waals surface area contributed by atoms with Gasteiger partial charge < -0.3 is 15.0 Å². The highest BCUT2D eigenvalue weighted by molar-refractivity contribution is 7.96. The number of sulfonamides is 1. The van der Waals surface area contributed by atoms with Crippen molar-refractivity contribution in [3.63, 3.8) is 0 Å². The molecule has 0 spiro atoms. The molecule has 0 aliphatic heterocycles. The summed E-state index contributed by atoms with van der Waals surface area (Å²) < 4.78 is 33.5. The van der Waals surface area contributed by atoms with Gasteiger partial charge in [0.1, 0.15) is 13.2 Å². The van der Waals surface area contributed by atoms with Crippen LogP contribution in [0.3, 0.4) is 0 Å². The molecule has 10 heteroatoms. The maximum Gasteiger partial charge on any atom is 0.410 e. The maximum atomic E-state index is 13.5. The van der Waals surface area contributed by atoms with Crippen molar-refractivity contribution in [1.29, 1.82) is 0 Å². The molecule has 3 aromatic rings. The Labute approximate surface area is 246 Å². The largest absolute Gasteiger partial charge is 0.445 e. The second kappa shape index (κ2) is 14.9. The molecule has 0 unspecified atom stereocenters. The summed E-state index contributed by atoms with van der Waals surface area (Å²) in [6.45, 7) is 5.37. The maximum absolute atomic E-state index is 13.5. The Morgan fingerprint density at radius 2 is 1.61 bits per heavy atom. The standard InChI is InChI=1S/C31H32ClN3O5S/c1-24(33-30(36)22-34(3)31(37)40-23-27-16-8-5-9-17-27)12-10-13-25(2)41(38,39)35(21-26-14-6-4-7-15-26)29-19-11-18-28(32)20-29/h4-20H,2,21-23H2,1,3H3,(H,33,36)/b13-10-,24-12+. The van der Waals surface area contributed by atoms with E-state index in [4.69, 9.17) is 16.3 Å². The summed E-state index contributed by atoms with van der Waals surface area (Å²) >= 11 is 6.14. The number of rotatable bonds is 12. The molecule has 0 radical (unpaired) electrons. The number of carbonyl (C=O) groups excluding carboxylic acids is 2. The van der Waals surface area contributed by atoms with Crippen LogP contribution in [0.25, 0.3) is 0 Å². The fourth-order valence-corrected chi connectivity index (χ4v) is 5.06. The molecule has 0 bridgehead atoms. The van der Waals surface area contributed by atoms with Gasteiger partial charge in [0, 0.05) is 17.8 Å². The van der Waals surface area contributed by atoms with Gasteiger partial charge in [-0.05, 0) is 48.4 Å². The van der Waals surface area contributed by atoms with Crippen LogP contribution in [0.2, 0.25) is 5.02 Å². The molecular weight excluding hydrogens is 562 g/mol. The summed E-state index contributed by atoms with van der Waals surface area (Å²) in [5.41, 5.74) is 2.48. The van der Waals surface area contributed by atoms with Crippen LogP contribution < -0.4 is 9.62 Å². The van der Waals surface area contributed by atoms with Crippen molar-refractivity contribution in [2.24, 2.45) is 0 Å². The van der Waals surface area contributed by atoms with Gasteiger partial charge in [0.05, 0.1) is 17.1 Å². The van der Waals surface area contributed by atoms with Crippen molar-refractivity contribution in [3.05, 3.63) is 136 Å². The van der Waals surface area contributed by atoms with Gasteiger partial charge in [-0.2, -0.15) is 0 Å². The lowest BCUT2D eigenvalue weighted by molar-refractivity contribution is -0.121. The third-order valence-electron chi connectivity index (χ3n) is 5.75. The van der Waals surface area contributed by atoms with Gasteiger partial charge in [-0.3, -0.25) is 9.10 Å². The Kier molecular flexibility index (Phi) is 11.3. The summed E-state index contributed by atoms with van der Waals surface area (Å²) in [4.78, 5) is 25.6. The third kappa shape index (κ3) is 9.66. The second-order valence-corrected chi connectivity index (χ2v) is 11.4. The number of hydrogen-bond acceptors (Lipinski definition) is 5. The van der Waals surface area contributed by atoms with E-state index >= 15 is 0 Å². The monoisotopic (exact) mass is 593 g/mol. The SMILES string of the molecule is C=C(/C=C\C=C(/C)NC(=O)CN(C)C(=O)OCc1ccccc1)S(=O)(=O)N(Cc1ccccc1)c1cccc(Cl)c1. The minimum atomic E-state index is -4.02. The Morgan fingerprint density at radius 1 is 0.976 bits per heavy atom. The van der Waals surface area contributed by atoms with Gasteiger partial charge in [-0.25, -0.2) is 13.2 Å². The molecule has 2 amide bonds. The average molecular weight is 594 g/mol. The number of amides is 2. The van der Waals surface area contributed by atoms with Gasteiger partial charge in [0.25, 0.3) is 10.0 Å². The van der Waals surface area contributed by atoms with E-state index in [2.05, 4.69) is 11.9 Å². The van der Waals surface area contributed by atoms with Crippen LogP contribution in [0.15, 0.2) is 120 Å². The van der Waals surface area contributed by atoms with Crippen LogP contribution in [0.1, 0.15) is 18.1 Å². The number of allylic oxidation sites excluding steroid dienone is 4. The normalized spacial score (nSPS) is 11.6. The summed E-state index contributed by atoms with van der Waals surface area (Å²) in [6.07, 6.45) is 3.73. The van der Waals surface area contributed by atoms with Crippen molar-refractivity contribution in [3.8, 4) is 0 Å². The molecule has 1 N–H and O–H groups in total. The fraction of sp³-hybridized carbons (Fsp3) is 0.161. The quantitative estimate of drug-likeness (QED) is 0.259. The molecule has 0 aromatic heterocycles. The minimum absolute atomic E-state index is 0.0859. The minimum Gasteiger partial charge on any atom is -0.445 e. The molecule has 0 saturated heterocycles. The Hall–Kier alpha value is -4.34. The predicted octanol–water partition coefficient (Wildman–Crippen LogP) is 6.03. The number of nitrogens with one attached hydrogen (secondary N) is 1. The first-order valence-corrected chi connectivity index (χ1v) is 14.5. The molecule has 8 nitrogen and oxygen atoms in total. The first kappa shape index (κ1) is 31.2. The molecule has 214 valence electrons. The first-order valence-electron chi connectivity index (χ1n) is 12.6. The molecule has 41 heavy (non-hydrogen) atoms. The van der Waals surface area contributed by atoms with E-state index in [1.165, 1.54) is 29.6 Å². The molecule has 0 saturated carbocycles. The van der Waals surface area contributed by atoms with E-state index in [-0.39, 0.29) is 24.6 Å². The lowest BCUT2D eigenvalue weighted by Gasteiger charge is -2.25. The van der Waals surface area contributed by atoms with Crippen LogP contribution in [0.4, 0.5) is 10.5 Å². The molecular formula is C31H32ClN3O5S. The number of carbonyl (C=O) groups is 2. The zero-order valence-corrected chi connectivity index (χ0v) is 24.4. The van der Waals surface area contributed by atoms with Crippen molar-refractivity contribution >= 4 is 39.3 Å². The highest BCUT2D eigenvalue weighted by atomic mass is 35.5. The zero-order chi connectivity index (χ0) is 29.8. The smallest absolute Gasteiger partial charge is 0.410 e. The summed E-state index contributed by atoms with van der Waals surface area (Å²) in [6, 6.07) is 25.0. The van der Waals surface area contributed by atoms with Crippen molar-refractivity contribution in [1.82, 2.24) is 10.2 Å². The van der Waals surface area contributed by atoms with E-state index in [0.717, 1.165) is 16.0 Å². The lowest BCUT2D eigenvalue weighted by atomic mass is 10.2.